The Balaban J connectivity index is 1.91. The molecule has 1 saturated heterocycles. The molecule has 16 heavy (non-hydrogen) atoms. The van der Waals surface area contributed by atoms with Gasteiger partial charge < -0.3 is 4.74 Å². The van der Waals surface area contributed by atoms with Gasteiger partial charge in [0.1, 0.15) is 0 Å². The Morgan fingerprint density at radius 1 is 1.69 bits per heavy atom. The molecule has 0 radical (unpaired) electrons. The van der Waals surface area contributed by atoms with Crippen LogP contribution in [0, 0.1) is 11.3 Å². The molecule has 1 aliphatic rings. The van der Waals surface area contributed by atoms with Crippen molar-refractivity contribution in [1.29, 1.82) is 5.26 Å². The summed E-state index contributed by atoms with van der Waals surface area (Å²) in [6.07, 6.45) is 3.66. The number of hydrogen-bond donors (Lipinski definition) is 0. The molecule has 1 aliphatic heterocycles. The Labute approximate surface area is 95.2 Å². The largest absolute Gasteiger partial charge is 0.361 e. The zero-order chi connectivity index (χ0) is 11.4. The Morgan fingerprint density at radius 3 is 3.25 bits per heavy atom. The fourth-order valence-electron chi connectivity index (χ4n) is 1.84. The Morgan fingerprint density at radius 2 is 2.56 bits per heavy atom. The van der Waals surface area contributed by atoms with Gasteiger partial charge in [-0.05, 0) is 6.92 Å². The number of rotatable bonds is 3. The molecule has 5 nitrogen and oxygen atoms in total. The molecule has 0 aromatic carbocycles. The van der Waals surface area contributed by atoms with E-state index in [9.17, 15) is 0 Å². The van der Waals surface area contributed by atoms with Crippen molar-refractivity contribution >= 4 is 0 Å². The summed E-state index contributed by atoms with van der Waals surface area (Å²) in [5, 5.41) is 13.0. The Bertz CT molecular complexity index is 382. The molecule has 1 unspecified atom stereocenters. The topological polar surface area (TPSA) is 54.1 Å². The summed E-state index contributed by atoms with van der Waals surface area (Å²) < 4.78 is 7.21. The van der Waals surface area contributed by atoms with Crippen molar-refractivity contribution in [3.63, 3.8) is 0 Å². The van der Waals surface area contributed by atoms with Crippen LogP contribution >= 0.6 is 0 Å². The van der Waals surface area contributed by atoms with Gasteiger partial charge in [-0.3, -0.25) is 9.58 Å². The predicted octanol–water partition coefficient (Wildman–Crippen LogP) is 0.627. The summed E-state index contributed by atoms with van der Waals surface area (Å²) >= 11 is 0. The molecule has 1 aromatic heterocycles. The molecule has 0 aliphatic carbocycles. The van der Waals surface area contributed by atoms with Crippen LogP contribution in [0.15, 0.2) is 12.4 Å². The van der Waals surface area contributed by atoms with Crippen LogP contribution in [0.1, 0.15) is 12.5 Å². The average molecular weight is 220 g/mol. The maximum absolute atomic E-state index is 8.80. The Kier molecular flexibility index (Phi) is 3.54. The second-order valence-corrected chi connectivity index (χ2v) is 3.93. The summed E-state index contributed by atoms with van der Waals surface area (Å²) in [6.45, 7) is 6.02. The van der Waals surface area contributed by atoms with Gasteiger partial charge in [0.05, 0.1) is 18.9 Å². The van der Waals surface area contributed by atoms with Crippen molar-refractivity contribution in [1.82, 2.24) is 14.7 Å². The highest BCUT2D eigenvalue weighted by Gasteiger charge is 2.20. The zero-order valence-electron chi connectivity index (χ0n) is 9.46. The van der Waals surface area contributed by atoms with Gasteiger partial charge in [0.25, 0.3) is 0 Å². The molecule has 5 heteroatoms. The molecule has 0 amide bonds. The van der Waals surface area contributed by atoms with E-state index in [0.717, 1.165) is 19.6 Å². The quantitative estimate of drug-likeness (QED) is 0.749. The summed E-state index contributed by atoms with van der Waals surface area (Å²) in [5.74, 6) is 0. The summed E-state index contributed by atoms with van der Waals surface area (Å²) in [4.78, 5) is 2.23. The van der Waals surface area contributed by atoms with Gasteiger partial charge in [0.2, 0.25) is 0 Å². The first-order chi connectivity index (χ1) is 7.81. The molecule has 1 aromatic rings. The van der Waals surface area contributed by atoms with E-state index >= 15 is 0 Å². The standard InChI is InChI=1S/C11H16N4O/c1-2-15-8-10(6-13-15)7-14-3-4-16-11(5-12)9-14/h6,8,11H,2-4,7,9H2,1H3. The maximum Gasteiger partial charge on any atom is 0.156 e. The van der Waals surface area contributed by atoms with E-state index in [1.165, 1.54) is 5.56 Å². The summed E-state index contributed by atoms with van der Waals surface area (Å²) in [7, 11) is 0. The van der Waals surface area contributed by atoms with Gasteiger partial charge in [0, 0.05) is 37.9 Å². The van der Waals surface area contributed by atoms with E-state index in [1.807, 2.05) is 10.9 Å². The summed E-state index contributed by atoms with van der Waals surface area (Å²) in [5.41, 5.74) is 1.19. The molecule has 0 N–H and O–H groups in total. The fourth-order valence-corrected chi connectivity index (χ4v) is 1.84. The van der Waals surface area contributed by atoms with E-state index in [4.69, 9.17) is 10.00 Å². The smallest absolute Gasteiger partial charge is 0.156 e. The van der Waals surface area contributed by atoms with Gasteiger partial charge >= 0.3 is 0 Å². The monoisotopic (exact) mass is 220 g/mol. The number of nitriles is 1. The van der Waals surface area contributed by atoms with Crippen LogP contribution in [-0.2, 0) is 17.8 Å². The zero-order valence-corrected chi connectivity index (χ0v) is 9.46. The number of nitrogens with zero attached hydrogens (tertiary/aromatic N) is 4. The summed E-state index contributed by atoms with van der Waals surface area (Å²) in [6, 6.07) is 2.15. The first-order valence-electron chi connectivity index (χ1n) is 5.56. The van der Waals surface area contributed by atoms with E-state index in [2.05, 4.69) is 29.2 Å². The van der Waals surface area contributed by atoms with Gasteiger partial charge in [-0.2, -0.15) is 10.4 Å². The van der Waals surface area contributed by atoms with Crippen LogP contribution < -0.4 is 0 Å². The van der Waals surface area contributed by atoms with Gasteiger partial charge in [-0.15, -0.1) is 0 Å². The third-order valence-corrected chi connectivity index (χ3v) is 2.71. The number of aromatic nitrogens is 2. The van der Waals surface area contributed by atoms with Crippen molar-refractivity contribution in [3.8, 4) is 6.07 Å². The van der Waals surface area contributed by atoms with Crippen LogP contribution in [-0.4, -0.2) is 40.5 Å². The number of aryl methyl sites for hydroxylation is 1. The highest BCUT2D eigenvalue weighted by atomic mass is 16.5. The SMILES string of the molecule is CCn1cc(CN2CCOC(C#N)C2)cn1. The molecule has 2 heterocycles. The molecule has 0 bridgehead atoms. The lowest BCUT2D eigenvalue weighted by Crippen LogP contribution is -2.41. The number of hydrogen-bond acceptors (Lipinski definition) is 4. The lowest BCUT2D eigenvalue weighted by atomic mass is 10.2. The van der Waals surface area contributed by atoms with Crippen LogP contribution in [0.3, 0.4) is 0 Å². The van der Waals surface area contributed by atoms with E-state index < -0.39 is 0 Å². The third kappa shape index (κ3) is 2.60. The lowest BCUT2D eigenvalue weighted by molar-refractivity contribution is -0.00270. The highest BCUT2D eigenvalue weighted by molar-refractivity contribution is 5.04. The van der Waals surface area contributed by atoms with Crippen LogP contribution in [0.5, 0.6) is 0 Å². The predicted molar refractivity (Wildman–Crippen MR) is 58.5 cm³/mol. The lowest BCUT2D eigenvalue weighted by Gasteiger charge is -2.29. The first kappa shape index (κ1) is 11.1. The van der Waals surface area contributed by atoms with E-state index in [0.29, 0.717) is 13.2 Å². The molecular formula is C11H16N4O. The second kappa shape index (κ2) is 5.10. The molecule has 86 valence electrons. The first-order valence-corrected chi connectivity index (χ1v) is 5.56. The van der Waals surface area contributed by atoms with E-state index in [-0.39, 0.29) is 6.10 Å². The van der Waals surface area contributed by atoms with Crippen LogP contribution in [0.2, 0.25) is 0 Å². The van der Waals surface area contributed by atoms with Crippen molar-refractivity contribution in [2.75, 3.05) is 19.7 Å². The fraction of sp³-hybridized carbons (Fsp3) is 0.636. The van der Waals surface area contributed by atoms with Crippen LogP contribution in [0.25, 0.3) is 0 Å². The average Bonchev–Trinajstić information content (AvgIpc) is 2.77. The van der Waals surface area contributed by atoms with Gasteiger partial charge in [0.15, 0.2) is 6.10 Å². The molecule has 1 fully saturated rings. The van der Waals surface area contributed by atoms with Crippen molar-refractivity contribution < 1.29 is 4.74 Å². The van der Waals surface area contributed by atoms with Crippen molar-refractivity contribution in [2.45, 2.75) is 26.1 Å². The molecule has 1 atom stereocenters. The third-order valence-electron chi connectivity index (χ3n) is 2.71. The second-order valence-electron chi connectivity index (χ2n) is 3.93. The molecule has 2 rings (SSSR count). The van der Waals surface area contributed by atoms with Crippen molar-refractivity contribution in [3.05, 3.63) is 18.0 Å². The molecule has 0 spiro atoms. The van der Waals surface area contributed by atoms with Gasteiger partial charge in [-0.25, -0.2) is 0 Å². The molecular weight excluding hydrogens is 204 g/mol. The number of morpholine rings is 1. The Hall–Kier alpha value is -1.38. The molecule has 0 saturated carbocycles. The number of ether oxygens (including phenoxy) is 1. The van der Waals surface area contributed by atoms with Crippen molar-refractivity contribution in [2.24, 2.45) is 0 Å². The minimum Gasteiger partial charge on any atom is -0.361 e. The maximum atomic E-state index is 8.80. The van der Waals surface area contributed by atoms with E-state index in [1.54, 1.807) is 0 Å². The normalized spacial score (nSPS) is 21.9. The minimum absolute atomic E-state index is 0.282. The van der Waals surface area contributed by atoms with Crippen LogP contribution in [0.4, 0.5) is 0 Å². The minimum atomic E-state index is -0.282. The highest BCUT2D eigenvalue weighted by Crippen LogP contribution is 2.09. The van der Waals surface area contributed by atoms with Gasteiger partial charge in [-0.1, -0.05) is 0 Å².